The van der Waals surface area contributed by atoms with Crippen molar-refractivity contribution in [3.63, 3.8) is 0 Å². The van der Waals surface area contributed by atoms with E-state index < -0.39 is 12.0 Å². The van der Waals surface area contributed by atoms with Gasteiger partial charge in [-0.25, -0.2) is 0 Å². The van der Waals surface area contributed by atoms with E-state index in [0.717, 1.165) is 16.3 Å². The Kier molecular flexibility index (Phi) is 4.22. The maximum Gasteiger partial charge on any atom is 0.137 e. The fourth-order valence-electron chi connectivity index (χ4n) is 2.63. The highest BCUT2D eigenvalue weighted by molar-refractivity contribution is 5.83. The Bertz CT molecular complexity index is 870. The largest absolute Gasteiger partial charge is 0.495 e. The Labute approximate surface area is 134 Å². The van der Waals surface area contributed by atoms with Crippen LogP contribution >= 0.6 is 0 Å². The van der Waals surface area contributed by atoms with Gasteiger partial charge in [-0.1, -0.05) is 36.4 Å². The van der Waals surface area contributed by atoms with Crippen molar-refractivity contribution >= 4 is 10.8 Å². The molecule has 114 valence electrons. The first kappa shape index (κ1) is 15.0. The summed E-state index contributed by atoms with van der Waals surface area (Å²) < 4.78 is 5.13. The Balaban J connectivity index is 1.98. The third-order valence-corrected chi connectivity index (χ3v) is 3.90. The number of nitrogens with zero attached hydrogens (tertiary/aromatic N) is 2. The molecule has 0 aliphatic carbocycles. The Morgan fingerprint density at radius 2 is 1.83 bits per heavy atom. The molecule has 2 unspecified atom stereocenters. The number of ether oxygens (including phenoxy) is 1. The van der Waals surface area contributed by atoms with E-state index in [-0.39, 0.29) is 0 Å². The van der Waals surface area contributed by atoms with Gasteiger partial charge in [0.25, 0.3) is 0 Å². The molecule has 3 aromatic rings. The number of fused-ring (bicyclic) bond motifs is 1. The minimum atomic E-state index is -0.969. The molecule has 0 saturated heterocycles. The van der Waals surface area contributed by atoms with Crippen molar-refractivity contribution in [2.24, 2.45) is 0 Å². The molecule has 1 aromatic heterocycles. The highest BCUT2D eigenvalue weighted by Gasteiger charge is 2.23. The summed E-state index contributed by atoms with van der Waals surface area (Å²) in [4.78, 5) is 4.04. The smallest absolute Gasteiger partial charge is 0.137 e. The molecule has 0 bridgehead atoms. The molecule has 0 spiro atoms. The van der Waals surface area contributed by atoms with Crippen LogP contribution < -0.4 is 4.74 Å². The molecule has 1 N–H and O–H groups in total. The third kappa shape index (κ3) is 3.01. The van der Waals surface area contributed by atoms with Crippen molar-refractivity contribution in [3.05, 3.63) is 72.1 Å². The first-order valence-corrected chi connectivity index (χ1v) is 7.28. The maximum atomic E-state index is 10.6. The van der Waals surface area contributed by atoms with E-state index in [9.17, 15) is 10.4 Å². The van der Waals surface area contributed by atoms with Crippen LogP contribution in [0.25, 0.3) is 10.8 Å². The number of aromatic nitrogens is 1. The molecule has 0 fully saturated rings. The molecule has 4 nitrogen and oxygen atoms in total. The normalized spacial score (nSPS) is 13.3. The number of methoxy groups -OCH3 is 1. The Morgan fingerprint density at radius 1 is 1.04 bits per heavy atom. The molecule has 0 aliphatic heterocycles. The second kappa shape index (κ2) is 6.47. The van der Waals surface area contributed by atoms with Crippen LogP contribution in [0.2, 0.25) is 0 Å². The number of hydrogen-bond acceptors (Lipinski definition) is 4. The molecule has 0 saturated carbocycles. The lowest BCUT2D eigenvalue weighted by Gasteiger charge is -2.18. The van der Waals surface area contributed by atoms with Gasteiger partial charge in [-0.3, -0.25) is 4.98 Å². The Hall–Kier alpha value is -2.90. The van der Waals surface area contributed by atoms with Gasteiger partial charge >= 0.3 is 0 Å². The first-order chi connectivity index (χ1) is 11.2. The van der Waals surface area contributed by atoms with Gasteiger partial charge < -0.3 is 9.84 Å². The average Bonchev–Trinajstić information content (AvgIpc) is 2.62. The molecule has 2 aromatic carbocycles. The molecule has 23 heavy (non-hydrogen) atoms. The average molecular weight is 304 g/mol. The second-order valence-electron chi connectivity index (χ2n) is 5.32. The Morgan fingerprint density at radius 3 is 2.57 bits per heavy atom. The van der Waals surface area contributed by atoms with E-state index in [0.29, 0.717) is 11.3 Å². The van der Waals surface area contributed by atoms with Crippen LogP contribution in [0.3, 0.4) is 0 Å². The van der Waals surface area contributed by atoms with Gasteiger partial charge in [-0.2, -0.15) is 5.26 Å². The zero-order valence-corrected chi connectivity index (χ0v) is 12.7. The highest BCUT2D eigenvalue weighted by atomic mass is 16.5. The van der Waals surface area contributed by atoms with E-state index >= 15 is 0 Å². The SMILES string of the molecule is COc1cncc(C(O)C(C#N)c2ccc3ccccc3c2)c1. The second-order valence-corrected chi connectivity index (χ2v) is 5.32. The minimum absolute atomic E-state index is 0.553. The number of aliphatic hydroxyl groups is 1. The highest BCUT2D eigenvalue weighted by Crippen LogP contribution is 2.32. The lowest BCUT2D eigenvalue weighted by atomic mass is 9.89. The van der Waals surface area contributed by atoms with Gasteiger partial charge in [0.15, 0.2) is 0 Å². The van der Waals surface area contributed by atoms with E-state index in [4.69, 9.17) is 4.74 Å². The van der Waals surface area contributed by atoms with Crippen molar-refractivity contribution in [2.75, 3.05) is 7.11 Å². The number of aliphatic hydroxyl groups excluding tert-OH is 1. The number of pyridine rings is 1. The predicted molar refractivity (Wildman–Crippen MR) is 88.1 cm³/mol. The molecular formula is C19H16N2O2. The monoisotopic (exact) mass is 304 g/mol. The van der Waals surface area contributed by atoms with Gasteiger partial charge in [0.05, 0.1) is 19.4 Å². The van der Waals surface area contributed by atoms with Crippen LogP contribution in [-0.4, -0.2) is 17.2 Å². The van der Waals surface area contributed by atoms with Gasteiger partial charge in [0.2, 0.25) is 0 Å². The van der Waals surface area contributed by atoms with E-state index in [1.54, 1.807) is 18.5 Å². The van der Waals surface area contributed by atoms with Gasteiger partial charge in [0.1, 0.15) is 17.8 Å². The zero-order valence-electron chi connectivity index (χ0n) is 12.7. The quantitative estimate of drug-likeness (QED) is 0.800. The summed E-state index contributed by atoms with van der Waals surface area (Å²) in [5, 5.41) is 22.3. The van der Waals surface area contributed by atoms with Gasteiger partial charge in [0, 0.05) is 11.8 Å². The summed E-state index contributed by atoms with van der Waals surface area (Å²) in [5.74, 6) is -0.120. The van der Waals surface area contributed by atoms with Crippen molar-refractivity contribution in [1.82, 2.24) is 4.98 Å². The van der Waals surface area contributed by atoms with E-state index in [1.165, 1.54) is 7.11 Å². The molecule has 4 heteroatoms. The van der Waals surface area contributed by atoms with Crippen LogP contribution in [-0.2, 0) is 0 Å². The zero-order chi connectivity index (χ0) is 16.2. The maximum absolute atomic E-state index is 10.6. The predicted octanol–water partition coefficient (Wildman–Crippen LogP) is 3.58. The standard InChI is InChI=1S/C19H16N2O2/c1-23-17-9-16(11-21-12-17)19(22)18(10-20)15-7-6-13-4-2-3-5-14(13)8-15/h2-9,11-12,18-19,22H,1H3. The number of rotatable bonds is 4. The number of hydrogen-bond donors (Lipinski definition) is 1. The molecule has 1 heterocycles. The summed E-state index contributed by atoms with van der Waals surface area (Å²) >= 11 is 0. The van der Waals surface area contributed by atoms with Crippen molar-refractivity contribution in [1.29, 1.82) is 5.26 Å². The molecule has 0 radical (unpaired) electrons. The van der Waals surface area contributed by atoms with Crippen LogP contribution in [0.5, 0.6) is 5.75 Å². The van der Waals surface area contributed by atoms with Crippen molar-refractivity contribution in [3.8, 4) is 11.8 Å². The summed E-state index contributed by atoms with van der Waals surface area (Å²) in [5.41, 5.74) is 1.34. The van der Waals surface area contributed by atoms with Crippen LogP contribution in [0.4, 0.5) is 0 Å². The number of benzene rings is 2. The lowest BCUT2D eigenvalue weighted by Crippen LogP contribution is -2.10. The third-order valence-electron chi connectivity index (χ3n) is 3.90. The molecular weight excluding hydrogens is 288 g/mol. The topological polar surface area (TPSA) is 66.1 Å². The van der Waals surface area contributed by atoms with Gasteiger partial charge in [-0.15, -0.1) is 0 Å². The first-order valence-electron chi connectivity index (χ1n) is 7.28. The summed E-state index contributed by atoms with van der Waals surface area (Å²) in [6.45, 7) is 0. The van der Waals surface area contributed by atoms with Crippen LogP contribution in [0.15, 0.2) is 60.9 Å². The van der Waals surface area contributed by atoms with Crippen LogP contribution in [0, 0.1) is 11.3 Å². The summed E-state index contributed by atoms with van der Waals surface area (Å²) in [6.07, 6.45) is 2.15. The minimum Gasteiger partial charge on any atom is -0.495 e. The summed E-state index contributed by atoms with van der Waals surface area (Å²) in [6, 6.07) is 17.6. The van der Waals surface area contributed by atoms with Crippen molar-refractivity contribution in [2.45, 2.75) is 12.0 Å². The van der Waals surface area contributed by atoms with Crippen LogP contribution in [0.1, 0.15) is 23.1 Å². The summed E-state index contributed by atoms with van der Waals surface area (Å²) in [7, 11) is 1.54. The lowest BCUT2D eigenvalue weighted by molar-refractivity contribution is 0.163. The van der Waals surface area contributed by atoms with Gasteiger partial charge in [-0.05, 0) is 28.5 Å². The molecule has 0 aliphatic rings. The molecule has 0 amide bonds. The molecule has 3 rings (SSSR count). The molecule has 2 atom stereocenters. The fraction of sp³-hybridized carbons (Fsp3) is 0.158. The van der Waals surface area contributed by atoms with E-state index in [1.807, 2.05) is 42.5 Å². The van der Waals surface area contributed by atoms with Crippen molar-refractivity contribution < 1.29 is 9.84 Å². The fourth-order valence-corrected chi connectivity index (χ4v) is 2.63. The number of nitriles is 1. The van der Waals surface area contributed by atoms with E-state index in [2.05, 4.69) is 11.1 Å².